The molecule has 0 amide bonds. The van der Waals surface area contributed by atoms with Crippen LogP contribution in [0.25, 0.3) is 17.0 Å². The van der Waals surface area contributed by atoms with Crippen LogP contribution < -0.4 is 10.5 Å². The van der Waals surface area contributed by atoms with Gasteiger partial charge in [-0.15, -0.1) is 0 Å². The number of morpholine rings is 1. The first-order chi connectivity index (χ1) is 13.2. The molecule has 0 unspecified atom stereocenters. The molecule has 1 spiro atoms. The monoisotopic (exact) mass is 363 g/mol. The SMILES string of the molecule is N#Cc1c[nH]c2ncc(=O)n(-c3ccnc(N4CCOC5(CCC5)C4)n3)c12. The predicted molar refractivity (Wildman–Crippen MR) is 96.7 cm³/mol. The molecule has 9 heteroatoms. The van der Waals surface area contributed by atoms with Crippen molar-refractivity contribution in [2.45, 2.75) is 24.9 Å². The van der Waals surface area contributed by atoms with Crippen LogP contribution in [0.3, 0.4) is 0 Å². The molecule has 1 N–H and O–H groups in total. The zero-order valence-corrected chi connectivity index (χ0v) is 14.6. The second kappa shape index (κ2) is 5.89. The summed E-state index contributed by atoms with van der Waals surface area (Å²) in [5, 5.41) is 9.37. The number of nitriles is 1. The van der Waals surface area contributed by atoms with Crippen LogP contribution in [0.1, 0.15) is 24.8 Å². The molecule has 0 aromatic carbocycles. The minimum absolute atomic E-state index is 0.0764. The van der Waals surface area contributed by atoms with Gasteiger partial charge < -0.3 is 14.6 Å². The molecule has 0 bridgehead atoms. The molecule has 3 aromatic heterocycles. The molecule has 4 heterocycles. The van der Waals surface area contributed by atoms with Crippen molar-refractivity contribution in [1.82, 2.24) is 24.5 Å². The van der Waals surface area contributed by atoms with Crippen molar-refractivity contribution in [2.24, 2.45) is 0 Å². The van der Waals surface area contributed by atoms with Gasteiger partial charge in [0.05, 0.1) is 24.0 Å². The Morgan fingerprint density at radius 1 is 1.33 bits per heavy atom. The molecule has 2 aliphatic rings. The van der Waals surface area contributed by atoms with Gasteiger partial charge in [-0.2, -0.15) is 10.2 Å². The number of nitrogens with zero attached hydrogens (tertiary/aromatic N) is 6. The van der Waals surface area contributed by atoms with Gasteiger partial charge >= 0.3 is 0 Å². The third-order valence-corrected chi connectivity index (χ3v) is 5.35. The molecule has 3 aromatic rings. The standard InChI is InChI=1S/C18H17N7O2/c19-8-12-9-21-16-15(12)25(14(26)10-22-16)13-2-5-20-17(23-13)24-6-7-27-18(11-24)3-1-4-18/h2,5,9-10,21H,1,3-4,6-7,11H2. The second-order valence-electron chi connectivity index (χ2n) is 6.96. The third-order valence-electron chi connectivity index (χ3n) is 5.35. The Labute approximate surface area is 154 Å². The van der Waals surface area contributed by atoms with Crippen molar-refractivity contribution < 1.29 is 4.74 Å². The van der Waals surface area contributed by atoms with Gasteiger partial charge in [-0.05, 0) is 19.3 Å². The Morgan fingerprint density at radius 2 is 2.22 bits per heavy atom. The molecular weight excluding hydrogens is 346 g/mol. The first-order valence-electron chi connectivity index (χ1n) is 8.91. The van der Waals surface area contributed by atoms with E-state index in [0.717, 1.165) is 19.4 Å². The summed E-state index contributed by atoms with van der Waals surface area (Å²) >= 11 is 0. The predicted octanol–water partition coefficient (Wildman–Crippen LogP) is 1.13. The first kappa shape index (κ1) is 16.0. The average Bonchev–Trinajstić information content (AvgIpc) is 3.10. The minimum Gasteiger partial charge on any atom is -0.371 e. The van der Waals surface area contributed by atoms with Crippen molar-refractivity contribution >= 4 is 17.1 Å². The molecule has 1 aliphatic carbocycles. The molecule has 27 heavy (non-hydrogen) atoms. The van der Waals surface area contributed by atoms with Crippen LogP contribution in [0.15, 0.2) is 29.5 Å². The number of fused-ring (bicyclic) bond motifs is 1. The molecule has 2 fully saturated rings. The Balaban J connectivity index is 1.60. The molecule has 0 radical (unpaired) electrons. The second-order valence-corrected chi connectivity index (χ2v) is 6.96. The fraction of sp³-hybridized carbons (Fsp3) is 0.389. The van der Waals surface area contributed by atoms with Crippen molar-refractivity contribution in [3.05, 3.63) is 40.6 Å². The van der Waals surface area contributed by atoms with E-state index in [-0.39, 0.29) is 11.2 Å². The van der Waals surface area contributed by atoms with Gasteiger partial charge in [0, 0.05) is 31.5 Å². The van der Waals surface area contributed by atoms with Gasteiger partial charge in [0.2, 0.25) is 5.95 Å². The number of hydrogen-bond donors (Lipinski definition) is 1. The lowest BCUT2D eigenvalue weighted by atomic mass is 9.79. The van der Waals surface area contributed by atoms with E-state index in [4.69, 9.17) is 4.74 Å². The summed E-state index contributed by atoms with van der Waals surface area (Å²) in [5.41, 5.74) is 0.807. The Bertz CT molecular complexity index is 1120. The van der Waals surface area contributed by atoms with Gasteiger partial charge in [0.25, 0.3) is 5.56 Å². The lowest BCUT2D eigenvalue weighted by molar-refractivity contribution is -0.107. The fourth-order valence-electron chi connectivity index (χ4n) is 3.84. The summed E-state index contributed by atoms with van der Waals surface area (Å²) in [6.07, 6.45) is 7.70. The van der Waals surface area contributed by atoms with E-state index in [1.54, 1.807) is 12.3 Å². The molecular formula is C18H17N7O2. The number of aromatic amines is 1. The number of ether oxygens (including phenoxy) is 1. The molecule has 9 nitrogen and oxygen atoms in total. The van der Waals surface area contributed by atoms with Crippen LogP contribution in [0.5, 0.6) is 0 Å². The highest BCUT2D eigenvalue weighted by Crippen LogP contribution is 2.38. The van der Waals surface area contributed by atoms with E-state index in [2.05, 4.69) is 30.9 Å². The maximum absolute atomic E-state index is 12.5. The van der Waals surface area contributed by atoms with Gasteiger partial charge in [-0.1, -0.05) is 0 Å². The van der Waals surface area contributed by atoms with Crippen molar-refractivity contribution in [1.29, 1.82) is 5.26 Å². The molecule has 5 rings (SSSR count). The number of aromatic nitrogens is 5. The van der Waals surface area contributed by atoms with E-state index in [1.807, 2.05) is 0 Å². The highest BCUT2D eigenvalue weighted by Gasteiger charge is 2.42. The normalized spacial score (nSPS) is 18.4. The van der Waals surface area contributed by atoms with Crippen molar-refractivity contribution in [3.8, 4) is 11.9 Å². The number of nitrogens with one attached hydrogen (secondary N) is 1. The van der Waals surface area contributed by atoms with Gasteiger partial charge in [-0.3, -0.25) is 9.36 Å². The number of H-pyrrole nitrogens is 1. The number of anilines is 1. The van der Waals surface area contributed by atoms with E-state index in [1.165, 1.54) is 23.4 Å². The summed E-state index contributed by atoms with van der Waals surface area (Å²) in [6, 6.07) is 3.75. The summed E-state index contributed by atoms with van der Waals surface area (Å²) in [5.74, 6) is 0.982. The smallest absolute Gasteiger partial charge is 0.275 e. The average molecular weight is 363 g/mol. The molecule has 1 aliphatic heterocycles. The van der Waals surface area contributed by atoms with Crippen LogP contribution in [-0.2, 0) is 4.74 Å². The highest BCUT2D eigenvalue weighted by atomic mass is 16.5. The number of rotatable bonds is 2. The van der Waals surface area contributed by atoms with Crippen LogP contribution in [0, 0.1) is 11.3 Å². The third kappa shape index (κ3) is 2.49. The van der Waals surface area contributed by atoms with E-state index in [0.29, 0.717) is 41.6 Å². The van der Waals surface area contributed by atoms with E-state index < -0.39 is 0 Å². The summed E-state index contributed by atoms with van der Waals surface area (Å²) < 4.78 is 7.37. The molecule has 0 atom stereocenters. The van der Waals surface area contributed by atoms with Crippen molar-refractivity contribution in [2.75, 3.05) is 24.6 Å². The zero-order chi connectivity index (χ0) is 18.4. The summed E-state index contributed by atoms with van der Waals surface area (Å²) in [6.45, 7) is 2.10. The highest BCUT2D eigenvalue weighted by molar-refractivity contribution is 5.80. The van der Waals surface area contributed by atoms with Crippen molar-refractivity contribution in [3.63, 3.8) is 0 Å². The Hall–Kier alpha value is -3.25. The quantitative estimate of drug-likeness (QED) is 0.726. The van der Waals surface area contributed by atoms with E-state index in [9.17, 15) is 10.1 Å². The first-order valence-corrected chi connectivity index (χ1v) is 8.91. The fourth-order valence-corrected chi connectivity index (χ4v) is 3.84. The Morgan fingerprint density at radius 3 is 3.00 bits per heavy atom. The van der Waals surface area contributed by atoms with Gasteiger partial charge in [-0.25, -0.2) is 9.97 Å². The largest absolute Gasteiger partial charge is 0.371 e. The van der Waals surface area contributed by atoms with Crippen LogP contribution >= 0.6 is 0 Å². The maximum Gasteiger partial charge on any atom is 0.275 e. The minimum atomic E-state index is -0.347. The molecule has 1 saturated carbocycles. The lowest BCUT2D eigenvalue weighted by Gasteiger charge is -2.48. The lowest BCUT2D eigenvalue weighted by Crippen LogP contribution is -2.56. The molecule has 1 saturated heterocycles. The van der Waals surface area contributed by atoms with Crippen LogP contribution in [-0.4, -0.2) is 49.8 Å². The van der Waals surface area contributed by atoms with E-state index >= 15 is 0 Å². The van der Waals surface area contributed by atoms with Crippen LogP contribution in [0.4, 0.5) is 5.95 Å². The van der Waals surface area contributed by atoms with Gasteiger partial charge in [0.15, 0.2) is 5.65 Å². The zero-order valence-electron chi connectivity index (χ0n) is 14.6. The molecule has 136 valence electrons. The number of hydrogen-bond acceptors (Lipinski definition) is 7. The topological polar surface area (TPSA) is 113 Å². The summed E-state index contributed by atoms with van der Waals surface area (Å²) in [4.78, 5) is 30.7. The van der Waals surface area contributed by atoms with Crippen LogP contribution in [0.2, 0.25) is 0 Å². The summed E-state index contributed by atoms with van der Waals surface area (Å²) in [7, 11) is 0. The maximum atomic E-state index is 12.5. The Kier molecular flexibility index (Phi) is 3.48. The van der Waals surface area contributed by atoms with Gasteiger partial charge in [0.1, 0.15) is 17.4 Å².